The maximum atomic E-state index is 12.7. The number of sulfonamides is 1. The van der Waals surface area contributed by atoms with Gasteiger partial charge in [0.05, 0.1) is 30.0 Å². The fraction of sp³-hybridized carbons (Fsp3) is 0.300. The fourth-order valence-corrected chi connectivity index (χ4v) is 4.67. The molecule has 29 heavy (non-hydrogen) atoms. The van der Waals surface area contributed by atoms with Crippen LogP contribution in [0, 0.1) is 0 Å². The number of morpholine rings is 1. The summed E-state index contributed by atoms with van der Waals surface area (Å²) < 4.78 is 32.1. The van der Waals surface area contributed by atoms with Gasteiger partial charge in [0, 0.05) is 49.7 Å². The first-order valence-electron chi connectivity index (χ1n) is 9.45. The van der Waals surface area contributed by atoms with Gasteiger partial charge in [0.15, 0.2) is 0 Å². The number of aromatic nitrogens is 3. The maximum absolute atomic E-state index is 12.7. The molecule has 4 rings (SSSR count). The van der Waals surface area contributed by atoms with E-state index >= 15 is 0 Å². The molecule has 0 bridgehead atoms. The lowest BCUT2D eigenvalue weighted by molar-refractivity contribution is 0.0730. The number of ether oxygens (including phenoxy) is 1. The molecule has 0 atom stereocenters. The normalized spacial score (nSPS) is 15.4. The number of hydrogen-bond donors (Lipinski definition) is 2. The molecule has 1 aromatic carbocycles. The summed E-state index contributed by atoms with van der Waals surface area (Å²) in [6, 6.07) is 10.9. The van der Waals surface area contributed by atoms with Gasteiger partial charge < -0.3 is 10.1 Å². The van der Waals surface area contributed by atoms with E-state index in [0.717, 1.165) is 22.4 Å². The van der Waals surface area contributed by atoms with Crippen molar-refractivity contribution >= 4 is 10.0 Å². The molecular weight excluding hydrogens is 390 g/mol. The van der Waals surface area contributed by atoms with E-state index in [1.54, 1.807) is 30.7 Å². The molecule has 1 saturated heterocycles. The van der Waals surface area contributed by atoms with Crippen LogP contribution in [-0.2, 0) is 27.8 Å². The summed E-state index contributed by atoms with van der Waals surface area (Å²) in [6.45, 7) is 2.93. The second-order valence-corrected chi connectivity index (χ2v) is 8.71. The fourth-order valence-electron chi connectivity index (χ4n) is 3.26. The molecule has 2 aromatic heterocycles. The molecular formula is C20H23N5O3S. The van der Waals surface area contributed by atoms with Crippen molar-refractivity contribution in [1.29, 1.82) is 0 Å². The van der Waals surface area contributed by atoms with Crippen molar-refractivity contribution in [2.45, 2.75) is 18.0 Å². The molecule has 8 nitrogen and oxygen atoms in total. The van der Waals surface area contributed by atoms with Gasteiger partial charge in [-0.3, -0.25) is 10.1 Å². The average Bonchev–Trinajstić information content (AvgIpc) is 3.24. The highest BCUT2D eigenvalue weighted by Gasteiger charge is 2.26. The molecule has 0 amide bonds. The molecule has 0 radical (unpaired) electrons. The standard InChI is InChI=1S/C20H23N5O3S/c26-29(27,25-8-10-28-11-9-25)19-5-3-16(4-6-19)12-22-14-18-15-23-24-20(18)17-2-1-7-21-13-17/h1-7,13,15,22H,8-12,14H2,(H,23,24). The van der Waals surface area contributed by atoms with Gasteiger partial charge in [0.25, 0.3) is 0 Å². The Labute approximate surface area is 170 Å². The Kier molecular flexibility index (Phi) is 6.00. The third-order valence-corrected chi connectivity index (χ3v) is 6.76. The topological polar surface area (TPSA) is 100 Å². The van der Waals surface area contributed by atoms with Crippen molar-refractivity contribution < 1.29 is 13.2 Å². The highest BCUT2D eigenvalue weighted by molar-refractivity contribution is 7.89. The number of aromatic amines is 1. The Hall–Kier alpha value is -2.59. The van der Waals surface area contributed by atoms with E-state index in [4.69, 9.17) is 4.74 Å². The third kappa shape index (κ3) is 4.54. The summed E-state index contributed by atoms with van der Waals surface area (Å²) in [4.78, 5) is 4.46. The summed E-state index contributed by atoms with van der Waals surface area (Å²) in [7, 11) is -3.46. The van der Waals surface area contributed by atoms with Gasteiger partial charge in [-0.25, -0.2) is 8.42 Å². The quantitative estimate of drug-likeness (QED) is 0.613. The lowest BCUT2D eigenvalue weighted by Crippen LogP contribution is -2.40. The van der Waals surface area contributed by atoms with Crippen LogP contribution in [0.25, 0.3) is 11.3 Å². The number of benzene rings is 1. The highest BCUT2D eigenvalue weighted by Crippen LogP contribution is 2.20. The van der Waals surface area contributed by atoms with Crippen LogP contribution < -0.4 is 5.32 Å². The van der Waals surface area contributed by atoms with Gasteiger partial charge in [0.2, 0.25) is 10.0 Å². The molecule has 1 aliphatic heterocycles. The lowest BCUT2D eigenvalue weighted by Gasteiger charge is -2.26. The van der Waals surface area contributed by atoms with Crippen LogP contribution in [0.4, 0.5) is 0 Å². The van der Waals surface area contributed by atoms with Gasteiger partial charge in [-0.1, -0.05) is 12.1 Å². The predicted octanol–water partition coefficient (Wildman–Crippen LogP) is 1.78. The van der Waals surface area contributed by atoms with Crippen LogP contribution in [0.1, 0.15) is 11.1 Å². The summed E-state index contributed by atoms with van der Waals surface area (Å²) in [5, 5.41) is 10.5. The first-order valence-corrected chi connectivity index (χ1v) is 10.9. The number of nitrogens with one attached hydrogen (secondary N) is 2. The number of hydrogen-bond acceptors (Lipinski definition) is 6. The Balaban J connectivity index is 1.36. The van der Waals surface area contributed by atoms with Crippen molar-refractivity contribution in [3.63, 3.8) is 0 Å². The Morgan fingerprint density at radius 1 is 1.07 bits per heavy atom. The lowest BCUT2D eigenvalue weighted by atomic mass is 10.1. The molecule has 2 N–H and O–H groups in total. The van der Waals surface area contributed by atoms with Gasteiger partial charge >= 0.3 is 0 Å². The number of nitrogens with zero attached hydrogens (tertiary/aromatic N) is 3. The van der Waals surface area contributed by atoms with Gasteiger partial charge in [0.1, 0.15) is 0 Å². The van der Waals surface area contributed by atoms with Crippen LogP contribution >= 0.6 is 0 Å². The van der Waals surface area contributed by atoms with E-state index in [2.05, 4.69) is 20.5 Å². The largest absolute Gasteiger partial charge is 0.379 e. The van der Waals surface area contributed by atoms with Crippen molar-refractivity contribution in [2.24, 2.45) is 0 Å². The zero-order valence-corrected chi connectivity index (χ0v) is 16.7. The highest BCUT2D eigenvalue weighted by atomic mass is 32.2. The van der Waals surface area contributed by atoms with Crippen LogP contribution in [0.2, 0.25) is 0 Å². The number of H-pyrrole nitrogens is 1. The van der Waals surface area contributed by atoms with E-state index in [0.29, 0.717) is 44.3 Å². The Morgan fingerprint density at radius 3 is 2.59 bits per heavy atom. The molecule has 1 fully saturated rings. The summed E-state index contributed by atoms with van der Waals surface area (Å²) in [5.74, 6) is 0. The van der Waals surface area contributed by atoms with E-state index < -0.39 is 10.0 Å². The van der Waals surface area contributed by atoms with E-state index in [1.165, 1.54) is 4.31 Å². The zero-order valence-electron chi connectivity index (χ0n) is 15.9. The molecule has 0 spiro atoms. The molecule has 3 heterocycles. The van der Waals surface area contributed by atoms with Crippen LogP contribution in [0.3, 0.4) is 0 Å². The average molecular weight is 414 g/mol. The summed E-state index contributed by atoms with van der Waals surface area (Å²) in [6.07, 6.45) is 5.33. The van der Waals surface area contributed by atoms with Crippen molar-refractivity contribution in [3.05, 3.63) is 66.1 Å². The molecule has 3 aromatic rings. The maximum Gasteiger partial charge on any atom is 0.243 e. The minimum absolute atomic E-state index is 0.317. The van der Waals surface area contributed by atoms with Crippen molar-refractivity contribution in [3.8, 4) is 11.3 Å². The summed E-state index contributed by atoms with van der Waals surface area (Å²) in [5.41, 5.74) is 3.99. The molecule has 0 saturated carbocycles. The number of rotatable bonds is 7. The second kappa shape index (κ2) is 8.83. The van der Waals surface area contributed by atoms with Crippen molar-refractivity contribution in [2.75, 3.05) is 26.3 Å². The van der Waals surface area contributed by atoms with E-state index in [-0.39, 0.29) is 0 Å². The first kappa shape index (κ1) is 19.7. The molecule has 9 heteroatoms. The minimum Gasteiger partial charge on any atom is -0.379 e. The Bertz CT molecular complexity index is 1030. The van der Waals surface area contributed by atoms with Crippen LogP contribution in [0.15, 0.2) is 59.9 Å². The predicted molar refractivity (Wildman–Crippen MR) is 108 cm³/mol. The van der Waals surface area contributed by atoms with Gasteiger partial charge in [-0.2, -0.15) is 9.40 Å². The Morgan fingerprint density at radius 2 is 1.86 bits per heavy atom. The molecule has 152 valence electrons. The third-order valence-electron chi connectivity index (χ3n) is 4.84. The minimum atomic E-state index is -3.46. The first-order chi connectivity index (χ1) is 14.1. The SMILES string of the molecule is O=S(=O)(c1ccc(CNCc2cn[nH]c2-c2cccnc2)cc1)N1CCOCC1. The molecule has 0 unspecified atom stereocenters. The molecule has 0 aliphatic carbocycles. The van der Waals surface area contributed by atoms with E-state index in [1.807, 2.05) is 24.3 Å². The van der Waals surface area contributed by atoms with Crippen LogP contribution in [0.5, 0.6) is 0 Å². The number of pyridine rings is 1. The van der Waals surface area contributed by atoms with Gasteiger partial charge in [-0.05, 0) is 29.8 Å². The van der Waals surface area contributed by atoms with Crippen LogP contribution in [-0.4, -0.2) is 54.2 Å². The molecule has 1 aliphatic rings. The zero-order chi connectivity index (χ0) is 20.1. The smallest absolute Gasteiger partial charge is 0.243 e. The second-order valence-electron chi connectivity index (χ2n) is 6.78. The van der Waals surface area contributed by atoms with Gasteiger partial charge in [-0.15, -0.1) is 0 Å². The van der Waals surface area contributed by atoms with Crippen molar-refractivity contribution in [1.82, 2.24) is 24.8 Å². The monoisotopic (exact) mass is 413 g/mol. The summed E-state index contributed by atoms with van der Waals surface area (Å²) >= 11 is 0. The van der Waals surface area contributed by atoms with E-state index in [9.17, 15) is 8.42 Å².